The standard InChI is InChI=1S/C17H17FN4O4/c1-2-7-21-15(24)16(25)22(17(21)26)9-13(23)20-12-4-3-10-8-19-6-5-11(10)14(12)18/h2-4,19H,1,5-9H2,(H,20,23). The van der Waals surface area contributed by atoms with Crippen LogP contribution in [-0.4, -0.2) is 53.2 Å². The molecule has 1 saturated heterocycles. The van der Waals surface area contributed by atoms with Crippen LogP contribution in [0.1, 0.15) is 11.1 Å². The molecule has 1 fully saturated rings. The number of nitrogens with one attached hydrogen (secondary N) is 2. The lowest BCUT2D eigenvalue weighted by Gasteiger charge is -2.20. The highest BCUT2D eigenvalue weighted by molar-refractivity contribution is 6.45. The molecule has 0 saturated carbocycles. The zero-order valence-corrected chi connectivity index (χ0v) is 13.9. The zero-order chi connectivity index (χ0) is 18.8. The minimum absolute atomic E-state index is 0.0241. The van der Waals surface area contributed by atoms with Gasteiger partial charge in [0.2, 0.25) is 5.91 Å². The summed E-state index contributed by atoms with van der Waals surface area (Å²) in [5.41, 5.74) is 1.33. The molecule has 2 aliphatic heterocycles. The van der Waals surface area contributed by atoms with Crippen LogP contribution in [-0.2, 0) is 27.3 Å². The number of hydrogen-bond acceptors (Lipinski definition) is 5. The summed E-state index contributed by atoms with van der Waals surface area (Å²) >= 11 is 0. The third kappa shape index (κ3) is 3.08. The van der Waals surface area contributed by atoms with E-state index in [9.17, 15) is 23.6 Å². The first-order valence-electron chi connectivity index (χ1n) is 8.03. The first-order valence-corrected chi connectivity index (χ1v) is 8.03. The minimum atomic E-state index is -1.09. The Morgan fingerprint density at radius 2 is 2.00 bits per heavy atom. The number of benzene rings is 1. The number of hydrogen-bond donors (Lipinski definition) is 2. The van der Waals surface area contributed by atoms with Crippen LogP contribution in [0.15, 0.2) is 24.8 Å². The molecule has 1 aromatic carbocycles. The Hall–Kier alpha value is -3.07. The minimum Gasteiger partial charge on any atom is -0.322 e. The number of carbonyl (C=O) groups excluding carboxylic acids is 4. The van der Waals surface area contributed by atoms with Crippen molar-refractivity contribution in [1.29, 1.82) is 0 Å². The maximum absolute atomic E-state index is 14.5. The number of fused-ring (bicyclic) bond motifs is 1. The summed E-state index contributed by atoms with van der Waals surface area (Å²) in [6.45, 7) is 3.79. The summed E-state index contributed by atoms with van der Waals surface area (Å²) in [7, 11) is 0. The van der Waals surface area contributed by atoms with Crippen LogP contribution in [0.2, 0.25) is 0 Å². The molecule has 2 heterocycles. The molecule has 3 rings (SSSR count). The van der Waals surface area contributed by atoms with E-state index < -0.39 is 36.1 Å². The maximum Gasteiger partial charge on any atom is 0.335 e. The number of nitrogens with zero attached hydrogens (tertiary/aromatic N) is 2. The molecular weight excluding hydrogens is 343 g/mol. The Morgan fingerprint density at radius 3 is 2.73 bits per heavy atom. The van der Waals surface area contributed by atoms with Crippen LogP contribution in [0.5, 0.6) is 0 Å². The fraction of sp³-hybridized carbons (Fsp3) is 0.294. The Balaban J connectivity index is 1.72. The summed E-state index contributed by atoms with van der Waals surface area (Å²) in [6.07, 6.45) is 1.79. The molecule has 5 amide bonds. The zero-order valence-electron chi connectivity index (χ0n) is 13.9. The van der Waals surface area contributed by atoms with Crippen molar-refractivity contribution in [2.75, 3.05) is 25.0 Å². The molecule has 0 radical (unpaired) electrons. The number of imide groups is 2. The Labute approximate surface area is 148 Å². The van der Waals surface area contributed by atoms with Gasteiger partial charge in [0.1, 0.15) is 12.4 Å². The number of anilines is 1. The molecule has 1 aromatic rings. The van der Waals surface area contributed by atoms with Crippen LogP contribution in [0, 0.1) is 5.82 Å². The molecule has 26 heavy (non-hydrogen) atoms. The van der Waals surface area contributed by atoms with Crippen molar-refractivity contribution in [1.82, 2.24) is 15.1 Å². The van der Waals surface area contributed by atoms with Gasteiger partial charge in [-0.2, -0.15) is 0 Å². The van der Waals surface area contributed by atoms with Crippen molar-refractivity contribution >= 4 is 29.4 Å². The smallest absolute Gasteiger partial charge is 0.322 e. The number of halogens is 1. The second-order valence-electron chi connectivity index (χ2n) is 5.92. The molecular formula is C17H17FN4O4. The Bertz CT molecular complexity index is 823. The SMILES string of the molecule is C=CCN1C(=O)C(=O)N(CC(=O)Nc2ccc3c(c2F)CCNC3)C1=O. The van der Waals surface area contributed by atoms with Gasteiger partial charge in [0.15, 0.2) is 0 Å². The van der Waals surface area contributed by atoms with Crippen molar-refractivity contribution in [3.8, 4) is 0 Å². The first kappa shape index (κ1) is 17.7. The third-order valence-electron chi connectivity index (χ3n) is 4.23. The van der Waals surface area contributed by atoms with E-state index in [0.29, 0.717) is 34.9 Å². The Kier molecular flexibility index (Phi) is 4.81. The molecule has 2 aliphatic rings. The van der Waals surface area contributed by atoms with Gasteiger partial charge in [-0.05, 0) is 30.2 Å². The van der Waals surface area contributed by atoms with E-state index in [-0.39, 0.29) is 12.2 Å². The summed E-state index contributed by atoms with van der Waals surface area (Å²) in [5.74, 6) is -3.41. The average Bonchev–Trinajstić information content (AvgIpc) is 2.83. The summed E-state index contributed by atoms with van der Waals surface area (Å²) in [4.78, 5) is 49.1. The van der Waals surface area contributed by atoms with Crippen LogP contribution in [0.25, 0.3) is 0 Å². The molecule has 2 N–H and O–H groups in total. The van der Waals surface area contributed by atoms with E-state index in [1.54, 1.807) is 6.07 Å². The van der Waals surface area contributed by atoms with Crippen LogP contribution in [0.3, 0.4) is 0 Å². The molecule has 9 heteroatoms. The number of rotatable bonds is 5. The molecule has 0 bridgehead atoms. The van der Waals surface area contributed by atoms with Gasteiger partial charge in [-0.1, -0.05) is 12.1 Å². The van der Waals surface area contributed by atoms with Crippen molar-refractivity contribution in [3.05, 3.63) is 41.7 Å². The number of urea groups is 1. The average molecular weight is 360 g/mol. The number of amides is 5. The number of carbonyl (C=O) groups is 4. The van der Waals surface area contributed by atoms with Gasteiger partial charge in [-0.15, -0.1) is 6.58 Å². The first-order chi connectivity index (χ1) is 12.4. The topological polar surface area (TPSA) is 98.8 Å². The van der Waals surface area contributed by atoms with Crippen molar-refractivity contribution < 1.29 is 23.6 Å². The van der Waals surface area contributed by atoms with E-state index in [1.165, 1.54) is 12.1 Å². The highest BCUT2D eigenvalue weighted by Crippen LogP contribution is 2.24. The van der Waals surface area contributed by atoms with Crippen molar-refractivity contribution in [2.45, 2.75) is 13.0 Å². The van der Waals surface area contributed by atoms with Crippen LogP contribution >= 0.6 is 0 Å². The van der Waals surface area contributed by atoms with Crippen LogP contribution in [0.4, 0.5) is 14.9 Å². The van der Waals surface area contributed by atoms with Gasteiger partial charge in [0.05, 0.1) is 5.69 Å². The fourth-order valence-electron chi connectivity index (χ4n) is 2.94. The van der Waals surface area contributed by atoms with E-state index >= 15 is 0 Å². The van der Waals surface area contributed by atoms with Gasteiger partial charge in [-0.3, -0.25) is 19.3 Å². The largest absolute Gasteiger partial charge is 0.335 e. The maximum atomic E-state index is 14.5. The predicted octanol–water partition coefficient (Wildman–Crippen LogP) is 0.387. The quantitative estimate of drug-likeness (QED) is 0.450. The lowest BCUT2D eigenvalue weighted by Crippen LogP contribution is -2.39. The van der Waals surface area contributed by atoms with E-state index in [4.69, 9.17) is 0 Å². The molecule has 0 aliphatic carbocycles. The van der Waals surface area contributed by atoms with Gasteiger partial charge < -0.3 is 10.6 Å². The van der Waals surface area contributed by atoms with E-state index in [0.717, 1.165) is 5.56 Å². The van der Waals surface area contributed by atoms with Gasteiger partial charge in [0.25, 0.3) is 0 Å². The van der Waals surface area contributed by atoms with Crippen molar-refractivity contribution in [3.63, 3.8) is 0 Å². The van der Waals surface area contributed by atoms with Gasteiger partial charge in [-0.25, -0.2) is 14.1 Å². The van der Waals surface area contributed by atoms with Gasteiger partial charge in [0, 0.05) is 13.1 Å². The van der Waals surface area contributed by atoms with E-state index in [1.807, 2.05) is 0 Å². The second-order valence-corrected chi connectivity index (χ2v) is 5.92. The lowest BCUT2D eigenvalue weighted by atomic mass is 9.99. The molecule has 0 unspecified atom stereocenters. The normalized spacial score (nSPS) is 16.7. The van der Waals surface area contributed by atoms with Crippen LogP contribution < -0.4 is 10.6 Å². The van der Waals surface area contributed by atoms with Crippen molar-refractivity contribution in [2.24, 2.45) is 0 Å². The molecule has 136 valence electrons. The van der Waals surface area contributed by atoms with E-state index in [2.05, 4.69) is 17.2 Å². The predicted molar refractivity (Wildman–Crippen MR) is 89.5 cm³/mol. The van der Waals surface area contributed by atoms with Gasteiger partial charge >= 0.3 is 17.8 Å². The summed E-state index contributed by atoms with van der Waals surface area (Å²) in [6, 6.07) is 2.25. The fourth-order valence-corrected chi connectivity index (χ4v) is 2.94. The summed E-state index contributed by atoms with van der Waals surface area (Å²) < 4.78 is 14.5. The molecule has 8 nitrogen and oxygen atoms in total. The Morgan fingerprint density at radius 1 is 1.27 bits per heavy atom. The summed E-state index contributed by atoms with van der Waals surface area (Å²) in [5, 5.41) is 5.49. The molecule has 0 spiro atoms. The molecule has 0 atom stereocenters. The third-order valence-corrected chi connectivity index (χ3v) is 4.23. The highest BCUT2D eigenvalue weighted by atomic mass is 19.1. The molecule has 0 aromatic heterocycles. The highest BCUT2D eigenvalue weighted by Gasteiger charge is 2.44. The second kappa shape index (κ2) is 7.04. The lowest BCUT2D eigenvalue weighted by molar-refractivity contribution is -0.143. The monoisotopic (exact) mass is 360 g/mol.